The molecule has 1 aliphatic carbocycles. The Morgan fingerprint density at radius 1 is 1.33 bits per heavy atom. The average molecular weight is 356 g/mol. The normalized spacial score (nSPS) is 21.6. The molecule has 2 atom stereocenters. The number of nitrogens with one attached hydrogen (secondary N) is 1. The summed E-state index contributed by atoms with van der Waals surface area (Å²) in [5, 5.41) is 12.1. The molecule has 6 heteroatoms. The molecule has 1 saturated carbocycles. The fourth-order valence-corrected chi connectivity index (χ4v) is 3.20. The zero-order chi connectivity index (χ0) is 15.4. The van der Waals surface area contributed by atoms with Gasteiger partial charge in [0.25, 0.3) is 5.91 Å². The first-order valence-corrected chi connectivity index (χ1v) is 7.69. The van der Waals surface area contributed by atoms with E-state index in [0.29, 0.717) is 28.6 Å². The highest BCUT2D eigenvalue weighted by Gasteiger charge is 2.32. The Hall–Kier alpha value is -1.56. The van der Waals surface area contributed by atoms with Crippen LogP contribution < -0.4 is 10.1 Å². The second kappa shape index (κ2) is 6.93. The zero-order valence-electron chi connectivity index (χ0n) is 11.8. The summed E-state index contributed by atoms with van der Waals surface area (Å²) in [6.45, 7) is 0. The quantitative estimate of drug-likeness (QED) is 0.870. The van der Waals surface area contributed by atoms with Crippen molar-refractivity contribution in [3.8, 4) is 5.75 Å². The van der Waals surface area contributed by atoms with Crippen LogP contribution in [0.1, 0.15) is 36.0 Å². The van der Waals surface area contributed by atoms with E-state index in [0.717, 1.165) is 12.8 Å². The van der Waals surface area contributed by atoms with E-state index in [1.807, 2.05) is 0 Å². The Bertz CT molecular complexity index is 546. The van der Waals surface area contributed by atoms with Crippen molar-refractivity contribution in [3.63, 3.8) is 0 Å². The van der Waals surface area contributed by atoms with Crippen LogP contribution >= 0.6 is 15.9 Å². The van der Waals surface area contributed by atoms with Gasteiger partial charge in [0.05, 0.1) is 17.5 Å². The van der Waals surface area contributed by atoms with E-state index in [9.17, 15) is 14.7 Å². The molecule has 1 fully saturated rings. The minimum atomic E-state index is -0.837. The Morgan fingerprint density at radius 3 is 2.67 bits per heavy atom. The molecule has 1 aromatic rings. The molecule has 0 saturated heterocycles. The largest absolute Gasteiger partial charge is 0.496 e. The molecule has 0 aromatic heterocycles. The summed E-state index contributed by atoms with van der Waals surface area (Å²) in [6, 6.07) is 4.74. The molecule has 1 aromatic carbocycles. The van der Waals surface area contributed by atoms with Crippen LogP contribution in [0.2, 0.25) is 0 Å². The second-order valence-corrected chi connectivity index (χ2v) is 6.01. The van der Waals surface area contributed by atoms with Crippen LogP contribution in [0.15, 0.2) is 22.7 Å². The monoisotopic (exact) mass is 355 g/mol. The van der Waals surface area contributed by atoms with E-state index in [1.54, 1.807) is 25.3 Å². The fraction of sp³-hybridized carbons (Fsp3) is 0.467. The number of amides is 1. The SMILES string of the molecule is COc1ccc(C(=O)NC2CCCCC2C(=O)O)cc1Br. The van der Waals surface area contributed by atoms with Crippen molar-refractivity contribution in [1.82, 2.24) is 5.32 Å². The van der Waals surface area contributed by atoms with Crippen LogP contribution in [0.3, 0.4) is 0 Å². The molecule has 0 bridgehead atoms. The number of ether oxygens (including phenoxy) is 1. The van der Waals surface area contributed by atoms with Crippen molar-refractivity contribution in [1.29, 1.82) is 0 Å². The van der Waals surface area contributed by atoms with E-state index in [4.69, 9.17) is 4.74 Å². The first kappa shape index (κ1) is 15.8. The van der Waals surface area contributed by atoms with Gasteiger partial charge in [0.15, 0.2) is 0 Å². The molecular weight excluding hydrogens is 338 g/mol. The van der Waals surface area contributed by atoms with Gasteiger partial charge in [-0.2, -0.15) is 0 Å². The van der Waals surface area contributed by atoms with E-state index in [2.05, 4.69) is 21.2 Å². The molecule has 0 aliphatic heterocycles. The number of hydrogen-bond donors (Lipinski definition) is 2. The molecule has 21 heavy (non-hydrogen) atoms. The third-order valence-electron chi connectivity index (χ3n) is 3.81. The lowest BCUT2D eigenvalue weighted by atomic mass is 9.84. The lowest BCUT2D eigenvalue weighted by Gasteiger charge is -2.29. The van der Waals surface area contributed by atoms with Crippen molar-refractivity contribution < 1.29 is 19.4 Å². The van der Waals surface area contributed by atoms with Gasteiger partial charge in [0, 0.05) is 11.6 Å². The van der Waals surface area contributed by atoms with Crippen LogP contribution in [0.25, 0.3) is 0 Å². The minimum absolute atomic E-state index is 0.253. The molecule has 0 spiro atoms. The molecule has 2 unspecified atom stereocenters. The standard InChI is InChI=1S/C15H18BrNO4/c1-21-13-7-6-9(8-11(13)16)14(18)17-12-5-3-2-4-10(12)15(19)20/h6-8,10,12H,2-5H2,1H3,(H,17,18)(H,19,20). The van der Waals surface area contributed by atoms with Gasteiger partial charge in [0.2, 0.25) is 0 Å². The number of rotatable bonds is 4. The Balaban J connectivity index is 2.09. The van der Waals surface area contributed by atoms with Gasteiger partial charge in [0.1, 0.15) is 5.75 Å². The summed E-state index contributed by atoms with van der Waals surface area (Å²) >= 11 is 3.34. The molecular formula is C15H18BrNO4. The topological polar surface area (TPSA) is 75.6 Å². The summed E-state index contributed by atoms with van der Waals surface area (Å²) in [5.74, 6) is -0.940. The van der Waals surface area contributed by atoms with Gasteiger partial charge in [-0.15, -0.1) is 0 Å². The number of methoxy groups -OCH3 is 1. The number of hydrogen-bond acceptors (Lipinski definition) is 3. The molecule has 0 heterocycles. The van der Waals surface area contributed by atoms with Gasteiger partial charge in [-0.05, 0) is 47.0 Å². The lowest BCUT2D eigenvalue weighted by molar-refractivity contribution is -0.143. The highest BCUT2D eigenvalue weighted by Crippen LogP contribution is 2.27. The maximum atomic E-state index is 12.3. The van der Waals surface area contributed by atoms with Crippen LogP contribution in [0.4, 0.5) is 0 Å². The third-order valence-corrected chi connectivity index (χ3v) is 4.43. The van der Waals surface area contributed by atoms with Crippen LogP contribution in [-0.4, -0.2) is 30.1 Å². The Kier molecular flexibility index (Phi) is 5.22. The van der Waals surface area contributed by atoms with E-state index >= 15 is 0 Å². The second-order valence-electron chi connectivity index (χ2n) is 5.16. The van der Waals surface area contributed by atoms with Crippen molar-refractivity contribution in [2.24, 2.45) is 5.92 Å². The number of carbonyl (C=O) groups is 2. The zero-order valence-corrected chi connectivity index (χ0v) is 13.4. The summed E-state index contributed by atoms with van der Waals surface area (Å²) < 4.78 is 5.81. The van der Waals surface area contributed by atoms with Crippen molar-refractivity contribution in [3.05, 3.63) is 28.2 Å². The maximum absolute atomic E-state index is 12.3. The highest BCUT2D eigenvalue weighted by molar-refractivity contribution is 9.10. The third kappa shape index (κ3) is 3.75. The summed E-state index contributed by atoms with van der Waals surface area (Å²) in [7, 11) is 1.55. The van der Waals surface area contributed by atoms with Gasteiger partial charge in [-0.3, -0.25) is 9.59 Å². The van der Waals surface area contributed by atoms with E-state index < -0.39 is 11.9 Å². The van der Waals surface area contributed by atoms with Gasteiger partial charge >= 0.3 is 5.97 Å². The summed E-state index contributed by atoms with van der Waals surface area (Å²) in [4.78, 5) is 23.5. The summed E-state index contributed by atoms with van der Waals surface area (Å²) in [6.07, 6.45) is 3.17. The van der Waals surface area contributed by atoms with E-state index in [-0.39, 0.29) is 11.9 Å². The number of aliphatic carboxylic acids is 1. The lowest BCUT2D eigenvalue weighted by Crippen LogP contribution is -2.45. The number of carboxylic acids is 1. The first-order valence-electron chi connectivity index (χ1n) is 6.90. The Labute approximate surface area is 131 Å². The predicted molar refractivity (Wildman–Crippen MR) is 81.5 cm³/mol. The molecule has 1 aliphatic rings. The van der Waals surface area contributed by atoms with Gasteiger partial charge in [-0.25, -0.2) is 0 Å². The maximum Gasteiger partial charge on any atom is 0.308 e. The minimum Gasteiger partial charge on any atom is -0.496 e. The summed E-state index contributed by atoms with van der Waals surface area (Å²) in [5.41, 5.74) is 0.484. The van der Waals surface area contributed by atoms with Crippen molar-refractivity contribution >= 4 is 27.8 Å². The molecule has 114 valence electrons. The fourth-order valence-electron chi connectivity index (χ4n) is 2.66. The molecule has 5 nitrogen and oxygen atoms in total. The van der Waals surface area contributed by atoms with Crippen molar-refractivity contribution in [2.45, 2.75) is 31.7 Å². The number of carbonyl (C=O) groups excluding carboxylic acids is 1. The van der Waals surface area contributed by atoms with Crippen LogP contribution in [0.5, 0.6) is 5.75 Å². The number of benzene rings is 1. The average Bonchev–Trinajstić information content (AvgIpc) is 2.47. The first-order chi connectivity index (χ1) is 10.0. The highest BCUT2D eigenvalue weighted by atomic mass is 79.9. The molecule has 2 N–H and O–H groups in total. The van der Waals surface area contributed by atoms with Gasteiger partial charge in [-0.1, -0.05) is 12.8 Å². The van der Waals surface area contributed by atoms with E-state index in [1.165, 1.54) is 0 Å². The van der Waals surface area contributed by atoms with Crippen LogP contribution in [-0.2, 0) is 4.79 Å². The number of halogens is 1. The Morgan fingerprint density at radius 2 is 2.05 bits per heavy atom. The molecule has 0 radical (unpaired) electrons. The van der Waals surface area contributed by atoms with Gasteiger partial charge < -0.3 is 15.2 Å². The molecule has 1 amide bonds. The predicted octanol–water partition coefficient (Wildman–Crippen LogP) is 2.83. The molecule has 2 rings (SSSR count). The van der Waals surface area contributed by atoms with Crippen molar-refractivity contribution in [2.75, 3.05) is 7.11 Å². The van der Waals surface area contributed by atoms with Crippen LogP contribution in [0, 0.1) is 5.92 Å². The smallest absolute Gasteiger partial charge is 0.308 e. The number of carboxylic acid groups (broad SMARTS) is 1.